The molecular weight excluding hydrogens is 235 g/mol. The van der Waals surface area contributed by atoms with Gasteiger partial charge in [-0.25, -0.2) is 0 Å². The molecule has 0 atom stereocenters. The number of hydrogen-bond donors (Lipinski definition) is 0. The van der Waals surface area contributed by atoms with Gasteiger partial charge in [0.1, 0.15) is 0 Å². The van der Waals surface area contributed by atoms with Gasteiger partial charge in [-0.1, -0.05) is 29.8 Å². The van der Waals surface area contributed by atoms with Crippen LogP contribution >= 0.6 is 11.6 Å². The minimum atomic E-state index is 0. The molecule has 0 saturated heterocycles. The molecule has 1 fully saturated rings. The Hall–Kier alpha value is 0.0295. The minimum Gasteiger partial charge on any atom is -0.0841 e. The van der Waals surface area contributed by atoms with Crippen LogP contribution in [0.1, 0.15) is 5.56 Å². The zero-order valence-electron chi connectivity index (χ0n) is 7.93. The van der Waals surface area contributed by atoms with Crippen LogP contribution in [0.3, 0.4) is 0 Å². The summed E-state index contributed by atoms with van der Waals surface area (Å²) in [7, 11) is 0. The number of rotatable bonds is 0. The number of benzene rings is 1. The number of halogens is 1. The van der Waals surface area contributed by atoms with E-state index in [1.165, 1.54) is 0 Å². The Morgan fingerprint density at radius 2 is 1.29 bits per heavy atom. The Kier molecular flexibility index (Phi) is 8.36. The van der Waals surface area contributed by atoms with Crippen LogP contribution in [0.25, 0.3) is 0 Å². The SMILES string of the molecule is Cc1ccccc1Cl.[CH]1[CH][CH][CH][CH]1.[Fe]. The van der Waals surface area contributed by atoms with Crippen molar-refractivity contribution in [2.45, 2.75) is 6.92 Å². The molecule has 0 N–H and O–H groups in total. The second-order valence-corrected chi connectivity index (χ2v) is 3.12. The Labute approximate surface area is 103 Å². The average Bonchev–Trinajstić information content (AvgIpc) is 2.68. The van der Waals surface area contributed by atoms with Gasteiger partial charge in [-0.2, -0.15) is 0 Å². The third kappa shape index (κ3) is 5.70. The molecule has 1 aliphatic carbocycles. The summed E-state index contributed by atoms with van der Waals surface area (Å²) in [4.78, 5) is 0. The van der Waals surface area contributed by atoms with E-state index in [2.05, 4.69) is 0 Å². The van der Waals surface area contributed by atoms with E-state index in [4.69, 9.17) is 11.6 Å². The van der Waals surface area contributed by atoms with Crippen molar-refractivity contribution in [1.29, 1.82) is 0 Å². The first-order valence-electron chi connectivity index (χ1n) is 4.18. The van der Waals surface area contributed by atoms with Crippen molar-refractivity contribution >= 4 is 11.6 Å². The van der Waals surface area contributed by atoms with E-state index in [9.17, 15) is 0 Å². The molecule has 0 aromatic heterocycles. The van der Waals surface area contributed by atoms with Gasteiger partial charge in [0.25, 0.3) is 0 Å². The molecular formula is C12H12ClFe. The second-order valence-electron chi connectivity index (χ2n) is 2.71. The monoisotopic (exact) mass is 247 g/mol. The first-order chi connectivity index (χ1) is 6.30. The number of hydrogen-bond acceptors (Lipinski definition) is 0. The molecule has 0 spiro atoms. The third-order valence-electron chi connectivity index (χ3n) is 1.63. The van der Waals surface area contributed by atoms with Crippen molar-refractivity contribution in [3.05, 3.63) is 67.0 Å². The van der Waals surface area contributed by atoms with E-state index >= 15 is 0 Å². The molecule has 2 heteroatoms. The second kappa shape index (κ2) is 8.35. The molecule has 14 heavy (non-hydrogen) atoms. The summed E-state index contributed by atoms with van der Waals surface area (Å²) in [5.74, 6) is 0. The molecule has 0 amide bonds. The fourth-order valence-corrected chi connectivity index (χ4v) is 1.01. The van der Waals surface area contributed by atoms with Crippen LogP contribution < -0.4 is 0 Å². The molecule has 2 rings (SSSR count). The molecule has 0 nitrogen and oxygen atoms in total. The van der Waals surface area contributed by atoms with Crippen LogP contribution in [0.2, 0.25) is 5.02 Å². The standard InChI is InChI=1S/C7H7Cl.C5H5.Fe/c1-6-4-2-3-5-7(6)8;1-2-4-5-3-1;/h2-5H,1H3;1-5H;. The predicted octanol–water partition coefficient (Wildman–Crippen LogP) is 3.67. The van der Waals surface area contributed by atoms with Gasteiger partial charge in [-0.15, -0.1) is 0 Å². The van der Waals surface area contributed by atoms with Crippen LogP contribution in [-0.2, 0) is 17.1 Å². The van der Waals surface area contributed by atoms with Crippen LogP contribution in [0.4, 0.5) is 0 Å². The largest absolute Gasteiger partial charge is 0.0841 e. The van der Waals surface area contributed by atoms with Gasteiger partial charge in [-0.3, -0.25) is 0 Å². The van der Waals surface area contributed by atoms with Crippen molar-refractivity contribution in [2.75, 3.05) is 0 Å². The van der Waals surface area contributed by atoms with Gasteiger partial charge < -0.3 is 0 Å². The summed E-state index contributed by atoms with van der Waals surface area (Å²) in [6, 6.07) is 7.77. The molecule has 0 aliphatic heterocycles. The van der Waals surface area contributed by atoms with Crippen molar-refractivity contribution in [3.63, 3.8) is 0 Å². The quantitative estimate of drug-likeness (QED) is 0.614. The predicted molar refractivity (Wildman–Crippen MR) is 57.7 cm³/mol. The minimum absolute atomic E-state index is 0. The van der Waals surface area contributed by atoms with E-state index < -0.39 is 0 Å². The normalized spacial score (nSPS) is 13.9. The Morgan fingerprint density at radius 1 is 0.857 bits per heavy atom. The molecule has 1 saturated carbocycles. The first-order valence-corrected chi connectivity index (χ1v) is 4.56. The Morgan fingerprint density at radius 3 is 1.57 bits per heavy atom. The first kappa shape index (κ1) is 14.0. The van der Waals surface area contributed by atoms with Gasteiger partial charge in [0, 0.05) is 22.1 Å². The molecule has 1 aromatic rings. The van der Waals surface area contributed by atoms with E-state index in [0.29, 0.717) is 0 Å². The Balaban J connectivity index is 0.000000246. The summed E-state index contributed by atoms with van der Waals surface area (Å²) < 4.78 is 0. The molecule has 5 radical (unpaired) electrons. The van der Waals surface area contributed by atoms with E-state index in [-0.39, 0.29) is 17.1 Å². The maximum Gasteiger partial charge on any atom is 0.0435 e. The maximum absolute atomic E-state index is 5.71. The van der Waals surface area contributed by atoms with E-state index in [0.717, 1.165) is 10.6 Å². The summed E-state index contributed by atoms with van der Waals surface area (Å²) in [6.45, 7) is 1.99. The number of aryl methyl sites for hydroxylation is 1. The average molecular weight is 248 g/mol. The van der Waals surface area contributed by atoms with Crippen molar-refractivity contribution in [1.82, 2.24) is 0 Å². The maximum atomic E-state index is 5.71. The summed E-state index contributed by atoms with van der Waals surface area (Å²) in [5, 5.41) is 0.840. The van der Waals surface area contributed by atoms with Crippen LogP contribution in [0, 0.1) is 39.0 Å². The molecule has 1 aromatic carbocycles. The van der Waals surface area contributed by atoms with Crippen LogP contribution in [-0.4, -0.2) is 0 Å². The summed E-state index contributed by atoms with van der Waals surface area (Å²) in [5.41, 5.74) is 1.13. The van der Waals surface area contributed by atoms with Gasteiger partial charge >= 0.3 is 0 Å². The summed E-state index contributed by atoms with van der Waals surface area (Å²) in [6.07, 6.45) is 10.0. The summed E-state index contributed by atoms with van der Waals surface area (Å²) >= 11 is 5.71. The fourth-order valence-electron chi connectivity index (χ4n) is 0.872. The van der Waals surface area contributed by atoms with Gasteiger partial charge in [-0.05, 0) is 50.7 Å². The smallest absolute Gasteiger partial charge is 0.0435 e. The zero-order valence-corrected chi connectivity index (χ0v) is 9.79. The van der Waals surface area contributed by atoms with Gasteiger partial charge in [0.2, 0.25) is 0 Å². The van der Waals surface area contributed by atoms with Gasteiger partial charge in [0.05, 0.1) is 0 Å². The van der Waals surface area contributed by atoms with E-state index in [1.807, 2.05) is 63.3 Å². The van der Waals surface area contributed by atoms with Gasteiger partial charge in [0.15, 0.2) is 0 Å². The van der Waals surface area contributed by atoms with Crippen molar-refractivity contribution in [3.8, 4) is 0 Å². The third-order valence-corrected chi connectivity index (χ3v) is 2.06. The fraction of sp³-hybridized carbons (Fsp3) is 0.0833. The Bertz CT molecular complexity index is 215. The molecule has 75 valence electrons. The topological polar surface area (TPSA) is 0 Å². The zero-order chi connectivity index (χ0) is 9.52. The van der Waals surface area contributed by atoms with Crippen molar-refractivity contribution < 1.29 is 17.1 Å². The molecule has 0 unspecified atom stereocenters. The molecule has 0 bridgehead atoms. The molecule has 0 heterocycles. The van der Waals surface area contributed by atoms with Crippen LogP contribution in [0.15, 0.2) is 24.3 Å². The molecule has 1 aliphatic rings. The van der Waals surface area contributed by atoms with Crippen LogP contribution in [0.5, 0.6) is 0 Å². The van der Waals surface area contributed by atoms with Crippen molar-refractivity contribution in [2.24, 2.45) is 0 Å². The van der Waals surface area contributed by atoms with E-state index in [1.54, 1.807) is 0 Å².